The van der Waals surface area contributed by atoms with Gasteiger partial charge in [-0.2, -0.15) is 0 Å². The minimum Gasteiger partial charge on any atom is -0.507 e. The summed E-state index contributed by atoms with van der Waals surface area (Å²) in [5, 5.41) is 47.3. The number of halogens is 6. The molecule has 32 heteroatoms. The molecule has 2 saturated heterocycles. The Hall–Kier alpha value is -13.1. The number of benzene rings is 11. The number of esters is 3. The zero-order chi connectivity index (χ0) is 102. The predicted molar refractivity (Wildman–Crippen MR) is 544 cm³/mol. The van der Waals surface area contributed by atoms with Crippen LogP contribution in [0.3, 0.4) is 0 Å². The summed E-state index contributed by atoms with van der Waals surface area (Å²) in [5.74, 6) is -0.585. The lowest BCUT2D eigenvalue weighted by molar-refractivity contribution is 0.0543. The molecule has 11 aromatic carbocycles. The highest BCUT2D eigenvalue weighted by Gasteiger charge is 2.30. The van der Waals surface area contributed by atoms with Crippen molar-refractivity contribution in [2.75, 3.05) is 73.7 Å². The number of piperazine rings is 2. The molecule has 0 aromatic heterocycles. The van der Waals surface area contributed by atoms with E-state index in [0.29, 0.717) is 88.1 Å². The van der Waals surface area contributed by atoms with Gasteiger partial charge < -0.3 is 88.0 Å². The number of aliphatic hydroxyl groups excluding tert-OH is 1. The Balaban J connectivity index is 0.000000163. The number of carbonyl (C=O) groups is 7. The van der Waals surface area contributed by atoms with E-state index in [1.165, 1.54) is 139 Å². The number of aromatic hydroxyl groups is 1. The first-order valence-electron chi connectivity index (χ1n) is 48.0. The number of aliphatic hydroxyl groups is 1. The molecule has 25 nitrogen and oxygen atoms in total. The number of rotatable bonds is 21. The maximum Gasteiger partial charge on any atom is 0.488 e. The second-order valence-corrected chi connectivity index (χ2v) is 36.5. The van der Waals surface area contributed by atoms with Crippen molar-refractivity contribution in [2.45, 2.75) is 172 Å². The van der Waals surface area contributed by atoms with Crippen LogP contribution >= 0.6 is 31.9 Å². The molecule has 0 atom stereocenters. The number of hydrogen-bond acceptors (Lipinski definition) is 21. The van der Waals surface area contributed by atoms with E-state index in [2.05, 4.69) is 46.7 Å². The van der Waals surface area contributed by atoms with Gasteiger partial charge in [-0.1, -0.05) is 122 Å². The molecule has 0 spiro atoms. The average Bonchev–Trinajstić information content (AvgIpc) is 1.82. The maximum absolute atomic E-state index is 13.6. The molecular formula is C111H121BBr2F4N4O21. The van der Waals surface area contributed by atoms with Crippen molar-refractivity contribution in [3.8, 4) is 62.1 Å². The molecule has 11 aromatic rings. The van der Waals surface area contributed by atoms with Crippen molar-refractivity contribution < 1.29 is 119 Å². The normalized spacial score (nSPS) is 15.0. The number of carbonyl (C=O) groups excluding carboxylic acids is 6. The number of phenolic OH excluding ortho intramolecular Hbond substituents is 1. The Morgan fingerprint density at radius 3 is 1.02 bits per heavy atom. The summed E-state index contributed by atoms with van der Waals surface area (Å²) in [4.78, 5) is 87.9. The van der Waals surface area contributed by atoms with Gasteiger partial charge >= 0.3 is 43.2 Å². The molecule has 7 aliphatic rings. The third-order valence-electron chi connectivity index (χ3n) is 24.5. The minimum atomic E-state index is -1.51. The van der Waals surface area contributed by atoms with Gasteiger partial charge in [0.2, 0.25) is 0 Å². The predicted octanol–water partition coefficient (Wildman–Crippen LogP) is 22.2. The Labute approximate surface area is 848 Å². The molecule has 0 unspecified atom stereocenters. The van der Waals surface area contributed by atoms with Crippen LogP contribution < -0.4 is 29.7 Å². The molecule has 3 amide bonds. The fourth-order valence-corrected chi connectivity index (χ4v) is 17.4. The van der Waals surface area contributed by atoms with Gasteiger partial charge in [0.1, 0.15) is 65.2 Å². The number of carboxylic acids is 1. The lowest BCUT2D eigenvalue weighted by Crippen LogP contribution is -2.50. The Morgan fingerprint density at radius 1 is 0.364 bits per heavy atom. The zero-order valence-corrected chi connectivity index (χ0v) is 83.4. The summed E-state index contributed by atoms with van der Waals surface area (Å²) < 4.78 is 102. The summed E-state index contributed by atoms with van der Waals surface area (Å²) in [5.41, 5.74) is 8.96. The van der Waals surface area contributed by atoms with Crippen molar-refractivity contribution >= 4 is 86.4 Å². The average molecular weight is 2090 g/mol. The van der Waals surface area contributed by atoms with Crippen LogP contribution in [-0.4, -0.2) is 193 Å². The number of ether oxygens (including phenoxy) is 9. The number of amides is 3. The molecule has 143 heavy (non-hydrogen) atoms. The second-order valence-electron chi connectivity index (χ2n) is 34.8. The molecule has 7 fully saturated rings. The van der Waals surface area contributed by atoms with E-state index in [-0.39, 0.29) is 89.7 Å². The van der Waals surface area contributed by atoms with Crippen LogP contribution in [0.5, 0.6) is 28.7 Å². The summed E-state index contributed by atoms with van der Waals surface area (Å²) in [7, 11) is 2.52. The molecule has 0 bridgehead atoms. The van der Waals surface area contributed by atoms with Gasteiger partial charge in [-0.3, -0.25) is 4.79 Å². The van der Waals surface area contributed by atoms with Crippen LogP contribution in [0, 0.1) is 23.3 Å². The number of aromatic carboxylic acids is 1. The fraction of sp³-hybridized carbons (Fsp3) is 0.342. The van der Waals surface area contributed by atoms with Crippen LogP contribution in [0.1, 0.15) is 191 Å². The van der Waals surface area contributed by atoms with E-state index in [1.54, 1.807) is 106 Å². The van der Waals surface area contributed by atoms with Gasteiger partial charge in [-0.05, 0) is 320 Å². The molecule has 18 rings (SSSR count). The Bertz CT molecular complexity index is 5860. The monoisotopic (exact) mass is 2090 g/mol. The fourth-order valence-electron chi connectivity index (χ4n) is 16.6. The number of nitrogens with one attached hydrogen (secondary N) is 1. The third kappa shape index (κ3) is 35.8. The highest BCUT2D eigenvalue weighted by Crippen LogP contribution is 2.40. The second kappa shape index (κ2) is 57.9. The van der Waals surface area contributed by atoms with Crippen molar-refractivity contribution in [3.63, 3.8) is 0 Å². The number of methoxy groups -OCH3 is 3. The molecule has 2 heterocycles. The van der Waals surface area contributed by atoms with Crippen molar-refractivity contribution in [2.24, 2.45) is 0 Å². The molecule has 756 valence electrons. The molecular weight excluding hydrogens is 1970 g/mol. The van der Waals surface area contributed by atoms with Gasteiger partial charge in [0.25, 0.3) is 5.91 Å². The largest absolute Gasteiger partial charge is 0.507 e. The van der Waals surface area contributed by atoms with Crippen LogP contribution in [0.15, 0.2) is 258 Å². The topological polar surface area (TPSA) is 325 Å². The lowest BCUT2D eigenvalue weighted by Gasteiger charge is -2.34. The van der Waals surface area contributed by atoms with Gasteiger partial charge in [0, 0.05) is 74.6 Å². The van der Waals surface area contributed by atoms with Gasteiger partial charge in [-0.15, -0.1) is 0 Å². The number of carboxylic acid groups (broad SMARTS) is 1. The molecule has 6 N–H and O–H groups in total. The summed E-state index contributed by atoms with van der Waals surface area (Å²) in [6.07, 6.45) is 22.7. The van der Waals surface area contributed by atoms with E-state index < -0.39 is 25.0 Å². The van der Waals surface area contributed by atoms with Crippen molar-refractivity contribution in [3.05, 3.63) is 320 Å². The summed E-state index contributed by atoms with van der Waals surface area (Å²) in [6, 6.07) is 67.9. The summed E-state index contributed by atoms with van der Waals surface area (Å²) in [6.45, 7) is 5.39. The van der Waals surface area contributed by atoms with Crippen LogP contribution in [-0.2, 0) is 36.9 Å². The van der Waals surface area contributed by atoms with Gasteiger partial charge in [0.15, 0.2) is 0 Å². The number of hydrogen-bond donors (Lipinski definition) is 6. The molecule has 5 aliphatic carbocycles. The standard InChI is InChI=1S/C30H31FN2O4.C19H19FO3.C18H17FO3.C13H15BrO3.C12H16N2O2.C8H7BrO3.C6H6BFO2.C5H10O/c31-25-13-10-23(11-14-25)27-20-24(12-15-28(27)37-26-8-4-5-9-26)29(34)32-16-18-33(19-17-32)30(35)36-21-22-6-2-1-3-7-22;1-22-19(21)14-8-11-18(23-16-4-2-3-5-16)17(12-14)13-6-9-15(20)10-7-13;19-14-8-5-12(6-9-14)16-11-13(18(20)21)7-10-17(16)22-15-3-1-2-4-15;1-16-13(15)9-6-7-12(11(14)8-9)17-10-4-2-3-5-10;15-12(14-8-6-13-7-9-14)16-10-11-4-2-1-3-5-11;1-12-8(11)5-2-3-7(10)6(9)4-5;8-6-3-1-5(2-4-6)7(9)10;6-5-3-1-2-4-5/h1-3,6-7,10-15,20,26H,4-5,8-9,16-19,21H2;6-12,16H,2-5H2,1H3;5-11,15H,1-4H2,(H,20,21);6-8,10H,2-5H2,1H3;1-5,13H,6-10H2;2-4,10H,1H3;1-4,9-10H;5-6H,1-4H2. The zero-order valence-electron chi connectivity index (χ0n) is 80.2. The maximum atomic E-state index is 13.6. The van der Waals surface area contributed by atoms with E-state index in [9.17, 15) is 56.2 Å². The van der Waals surface area contributed by atoms with E-state index in [0.717, 1.165) is 171 Å². The van der Waals surface area contributed by atoms with E-state index >= 15 is 0 Å². The summed E-state index contributed by atoms with van der Waals surface area (Å²) >= 11 is 6.50. The minimum absolute atomic E-state index is 0.0463. The van der Waals surface area contributed by atoms with E-state index in [1.807, 2.05) is 78.9 Å². The van der Waals surface area contributed by atoms with Crippen LogP contribution in [0.25, 0.3) is 33.4 Å². The Kier molecular flexibility index (Phi) is 44.6. The van der Waals surface area contributed by atoms with E-state index in [4.69, 9.17) is 53.4 Å². The first-order chi connectivity index (χ1) is 69.2. The molecule has 5 saturated carbocycles. The van der Waals surface area contributed by atoms with Crippen LogP contribution in [0.4, 0.5) is 27.2 Å². The van der Waals surface area contributed by atoms with Crippen molar-refractivity contribution in [1.82, 2.24) is 20.0 Å². The Morgan fingerprint density at radius 2 is 0.671 bits per heavy atom. The third-order valence-corrected chi connectivity index (χ3v) is 25.8. The number of nitrogens with zero attached hydrogens (tertiary/aromatic N) is 3. The number of phenols is 1. The lowest BCUT2D eigenvalue weighted by atomic mass is 9.80. The smallest absolute Gasteiger partial charge is 0.488 e. The first-order valence-corrected chi connectivity index (χ1v) is 49.6. The van der Waals surface area contributed by atoms with Crippen molar-refractivity contribution in [1.29, 1.82) is 0 Å². The molecule has 2 aliphatic heterocycles. The van der Waals surface area contributed by atoms with Gasteiger partial charge in [-0.25, -0.2) is 46.3 Å². The van der Waals surface area contributed by atoms with Gasteiger partial charge in [0.05, 0.1) is 83.0 Å². The highest BCUT2D eigenvalue weighted by atomic mass is 79.9. The molecule has 0 radical (unpaired) electrons. The quantitative estimate of drug-likeness (QED) is 0.0168. The highest BCUT2D eigenvalue weighted by molar-refractivity contribution is 9.11. The SMILES string of the molecule is COC(=O)c1ccc(O)c(Br)c1.COC(=O)c1ccc(OC2CCCC2)c(-c2ccc(F)cc2)c1.COC(=O)c1ccc(OC2CCCC2)c(Br)c1.O=C(O)c1ccc(OC2CCCC2)c(-c2ccc(F)cc2)c1.O=C(OCc1ccccc1)N1CCN(C(=O)c2ccc(OC3CCCC3)c(-c3ccc(F)cc3)c2)CC1.O=C(OCc1ccccc1)N1CCNCC1.OB(O)c1ccc(F)cc1.OC1CCCC1. The van der Waals surface area contributed by atoms with Crippen LogP contribution in [0.2, 0.25) is 0 Å². The first kappa shape index (κ1) is 110.